The third kappa shape index (κ3) is 5.50. The second-order valence-electron chi connectivity index (χ2n) is 6.32. The first-order valence-electron chi connectivity index (χ1n) is 8.85. The van der Waals surface area contributed by atoms with Gasteiger partial charge in [-0.05, 0) is 31.5 Å². The summed E-state index contributed by atoms with van der Waals surface area (Å²) in [7, 11) is 3.05. The Bertz CT molecular complexity index is 794. The molecule has 1 aliphatic heterocycles. The fraction of sp³-hybridized carbons (Fsp3) is 0.500. The lowest BCUT2D eigenvalue weighted by Gasteiger charge is -2.23. The smallest absolute Gasteiger partial charge is 0.227 e. The van der Waals surface area contributed by atoms with E-state index in [1.165, 1.54) is 14.2 Å². The van der Waals surface area contributed by atoms with Gasteiger partial charge in [0.15, 0.2) is 11.5 Å². The van der Waals surface area contributed by atoms with E-state index in [9.17, 15) is 4.79 Å². The van der Waals surface area contributed by atoms with E-state index in [1.807, 2.05) is 0 Å². The van der Waals surface area contributed by atoms with E-state index in [0.717, 1.165) is 25.9 Å². The minimum atomic E-state index is -0.0161. The van der Waals surface area contributed by atoms with Crippen LogP contribution in [0, 0.1) is 0 Å². The lowest BCUT2D eigenvalue weighted by atomic mass is 10.1. The van der Waals surface area contributed by atoms with Crippen LogP contribution in [-0.2, 0) is 11.2 Å². The maximum Gasteiger partial charge on any atom is 0.227 e. The number of benzene rings is 1. The molecule has 0 radical (unpaired) electrons. The molecule has 10 heteroatoms. The summed E-state index contributed by atoms with van der Waals surface area (Å²) in [4.78, 5) is 16.4. The number of amides is 1. The Morgan fingerprint density at radius 1 is 1.39 bits per heavy atom. The molecule has 1 amide bonds. The van der Waals surface area contributed by atoms with Gasteiger partial charge in [0.1, 0.15) is 0 Å². The van der Waals surface area contributed by atoms with Crippen molar-refractivity contribution in [3.63, 3.8) is 0 Å². The minimum absolute atomic E-state index is 0. The van der Waals surface area contributed by atoms with Gasteiger partial charge < -0.3 is 24.6 Å². The van der Waals surface area contributed by atoms with Crippen molar-refractivity contribution >= 4 is 29.9 Å². The number of rotatable bonds is 7. The van der Waals surface area contributed by atoms with E-state index in [0.29, 0.717) is 46.6 Å². The second-order valence-corrected chi connectivity index (χ2v) is 6.72. The predicted octanol–water partition coefficient (Wildman–Crippen LogP) is 2.63. The van der Waals surface area contributed by atoms with Gasteiger partial charge in [-0.3, -0.25) is 4.79 Å². The van der Waals surface area contributed by atoms with Gasteiger partial charge in [0.2, 0.25) is 17.6 Å². The zero-order valence-electron chi connectivity index (χ0n) is 15.8. The predicted molar refractivity (Wildman–Crippen MR) is 107 cm³/mol. The molecule has 3 rings (SSSR count). The Hall–Kier alpha value is -2.03. The summed E-state index contributed by atoms with van der Waals surface area (Å²) in [6, 6.07) is 3.60. The molecule has 8 nitrogen and oxygen atoms in total. The lowest BCUT2D eigenvalue weighted by molar-refractivity contribution is -0.121. The number of piperidine rings is 1. The van der Waals surface area contributed by atoms with Gasteiger partial charge in [0.25, 0.3) is 0 Å². The summed E-state index contributed by atoms with van der Waals surface area (Å²) in [5.74, 6) is 1.68. The van der Waals surface area contributed by atoms with Crippen molar-refractivity contribution in [1.29, 1.82) is 0 Å². The first kappa shape index (κ1) is 22.3. The summed E-state index contributed by atoms with van der Waals surface area (Å²) < 4.78 is 15.8. The van der Waals surface area contributed by atoms with Gasteiger partial charge >= 0.3 is 0 Å². The molecule has 0 aliphatic carbocycles. The van der Waals surface area contributed by atoms with Crippen LogP contribution in [0.3, 0.4) is 0 Å². The summed E-state index contributed by atoms with van der Waals surface area (Å²) in [6.45, 7) is 1.83. The topological polar surface area (TPSA) is 98.5 Å². The first-order valence-corrected chi connectivity index (χ1v) is 9.23. The van der Waals surface area contributed by atoms with Crippen molar-refractivity contribution in [2.24, 2.45) is 0 Å². The standard InChI is InChI=1S/C18H23ClN4O4.ClH/c1-25-14-9-11(8-13(19)17(14)26-2)18-22-16(27-23-18)6-5-15(24)21-12-4-3-7-20-10-12;/h8-9,12,20H,3-7,10H2,1-2H3,(H,21,24);1H/t12-;/m0./s1. The van der Waals surface area contributed by atoms with Crippen LogP contribution in [0.2, 0.25) is 5.02 Å². The third-order valence-corrected chi connectivity index (χ3v) is 4.67. The van der Waals surface area contributed by atoms with E-state index in [-0.39, 0.29) is 24.4 Å². The molecule has 2 aromatic rings. The van der Waals surface area contributed by atoms with Gasteiger partial charge in [0, 0.05) is 31.0 Å². The van der Waals surface area contributed by atoms with E-state index < -0.39 is 0 Å². The molecule has 0 bridgehead atoms. The lowest BCUT2D eigenvalue weighted by Crippen LogP contribution is -2.45. The molecule has 2 N–H and O–H groups in total. The van der Waals surface area contributed by atoms with Crippen LogP contribution in [0.1, 0.15) is 25.2 Å². The number of halogens is 2. The molecule has 1 aromatic heterocycles. The Kier molecular flexibility index (Phi) is 8.35. The molecule has 0 unspecified atom stereocenters. The van der Waals surface area contributed by atoms with E-state index in [1.54, 1.807) is 12.1 Å². The number of ether oxygens (including phenoxy) is 2. The van der Waals surface area contributed by atoms with Crippen molar-refractivity contribution < 1.29 is 18.8 Å². The van der Waals surface area contributed by atoms with Crippen LogP contribution >= 0.6 is 24.0 Å². The monoisotopic (exact) mass is 430 g/mol. The molecule has 1 saturated heterocycles. The van der Waals surface area contributed by atoms with Crippen LogP contribution in [0.4, 0.5) is 0 Å². The summed E-state index contributed by atoms with van der Waals surface area (Å²) in [6.07, 6.45) is 2.75. The zero-order chi connectivity index (χ0) is 19.2. The zero-order valence-corrected chi connectivity index (χ0v) is 17.4. The Morgan fingerprint density at radius 3 is 2.89 bits per heavy atom. The van der Waals surface area contributed by atoms with Gasteiger partial charge in [-0.25, -0.2) is 0 Å². The van der Waals surface area contributed by atoms with E-state index in [2.05, 4.69) is 20.8 Å². The second kappa shape index (κ2) is 10.5. The van der Waals surface area contributed by atoms with Crippen LogP contribution in [0.5, 0.6) is 11.5 Å². The SMILES string of the molecule is COc1cc(-c2noc(CCC(=O)N[C@H]3CCCNC3)n2)cc(Cl)c1OC.Cl. The van der Waals surface area contributed by atoms with Gasteiger partial charge in [-0.1, -0.05) is 16.8 Å². The van der Waals surface area contributed by atoms with Crippen molar-refractivity contribution in [3.8, 4) is 22.9 Å². The molecule has 1 atom stereocenters. The summed E-state index contributed by atoms with van der Waals surface area (Å²) >= 11 is 6.22. The fourth-order valence-corrected chi connectivity index (χ4v) is 3.30. The van der Waals surface area contributed by atoms with Crippen molar-refractivity contribution in [1.82, 2.24) is 20.8 Å². The van der Waals surface area contributed by atoms with Crippen molar-refractivity contribution in [2.75, 3.05) is 27.3 Å². The maximum atomic E-state index is 12.1. The highest BCUT2D eigenvalue weighted by molar-refractivity contribution is 6.32. The van der Waals surface area contributed by atoms with Gasteiger partial charge in [0.05, 0.1) is 19.2 Å². The number of nitrogens with one attached hydrogen (secondary N) is 2. The summed E-state index contributed by atoms with van der Waals surface area (Å²) in [5.41, 5.74) is 0.644. The Morgan fingerprint density at radius 2 is 2.21 bits per heavy atom. The minimum Gasteiger partial charge on any atom is -0.493 e. The normalized spacial score (nSPS) is 16.2. The highest BCUT2D eigenvalue weighted by atomic mass is 35.5. The molecule has 0 spiro atoms. The van der Waals surface area contributed by atoms with Crippen LogP contribution < -0.4 is 20.1 Å². The van der Waals surface area contributed by atoms with E-state index in [4.69, 9.17) is 25.6 Å². The van der Waals surface area contributed by atoms with Crippen LogP contribution in [0.25, 0.3) is 11.4 Å². The molecule has 0 saturated carbocycles. The molecule has 28 heavy (non-hydrogen) atoms. The summed E-state index contributed by atoms with van der Waals surface area (Å²) in [5, 5.41) is 10.7. The Balaban J connectivity index is 0.00000280. The molecule has 154 valence electrons. The molecule has 1 fully saturated rings. The average molecular weight is 431 g/mol. The van der Waals surface area contributed by atoms with Crippen molar-refractivity contribution in [3.05, 3.63) is 23.0 Å². The fourth-order valence-electron chi connectivity index (χ4n) is 3.02. The highest BCUT2D eigenvalue weighted by Crippen LogP contribution is 2.38. The quantitative estimate of drug-likeness (QED) is 0.696. The largest absolute Gasteiger partial charge is 0.493 e. The first-order chi connectivity index (χ1) is 13.1. The molecule has 1 aliphatic rings. The van der Waals surface area contributed by atoms with E-state index >= 15 is 0 Å². The number of hydrogen-bond acceptors (Lipinski definition) is 7. The average Bonchev–Trinajstić information content (AvgIpc) is 3.15. The molecular weight excluding hydrogens is 407 g/mol. The number of carbonyl (C=O) groups is 1. The van der Waals surface area contributed by atoms with Crippen molar-refractivity contribution in [2.45, 2.75) is 31.7 Å². The van der Waals surface area contributed by atoms with Crippen LogP contribution in [0.15, 0.2) is 16.7 Å². The number of nitrogens with zero attached hydrogens (tertiary/aromatic N) is 2. The van der Waals surface area contributed by atoms with Gasteiger partial charge in [-0.15, -0.1) is 12.4 Å². The maximum absolute atomic E-state index is 12.1. The Labute approximate surface area is 174 Å². The number of methoxy groups -OCH3 is 2. The number of aryl methyl sites for hydroxylation is 1. The molecule has 2 heterocycles. The highest BCUT2D eigenvalue weighted by Gasteiger charge is 2.18. The molecule has 1 aromatic carbocycles. The number of aromatic nitrogens is 2. The van der Waals surface area contributed by atoms with Gasteiger partial charge in [-0.2, -0.15) is 4.98 Å². The molecular formula is C18H24Cl2N4O4. The number of carbonyl (C=O) groups excluding carboxylic acids is 1. The third-order valence-electron chi connectivity index (χ3n) is 4.39. The number of hydrogen-bond donors (Lipinski definition) is 2. The van der Waals surface area contributed by atoms with Crippen LogP contribution in [-0.4, -0.2) is 49.4 Å².